The molecule has 6 nitrogen and oxygen atoms in total. The standard InChI is InChI=1S/C19H19NO5/c1-3-24-19(23)16-6-4-5-7-17(16)20-18(22)12-25-15-10-8-14(9-11-15)13(2)21/h4-11H,3,12H2,1-2H3,(H,20,22). The van der Waals surface area contributed by atoms with Gasteiger partial charge >= 0.3 is 5.97 Å². The lowest BCUT2D eigenvalue weighted by molar-refractivity contribution is -0.118. The van der Waals surface area contributed by atoms with Crippen LogP contribution >= 0.6 is 0 Å². The normalized spacial score (nSPS) is 10.0. The molecule has 0 aliphatic rings. The van der Waals surface area contributed by atoms with Crippen LogP contribution in [0.2, 0.25) is 0 Å². The molecule has 6 heteroatoms. The van der Waals surface area contributed by atoms with Crippen molar-refractivity contribution in [3.05, 3.63) is 59.7 Å². The second-order valence-corrected chi connectivity index (χ2v) is 5.18. The smallest absolute Gasteiger partial charge is 0.340 e. The molecule has 2 rings (SSSR count). The van der Waals surface area contributed by atoms with E-state index in [1.165, 1.54) is 6.92 Å². The van der Waals surface area contributed by atoms with Gasteiger partial charge in [-0.25, -0.2) is 4.79 Å². The predicted molar refractivity (Wildman–Crippen MR) is 93.0 cm³/mol. The molecule has 0 radical (unpaired) electrons. The molecule has 25 heavy (non-hydrogen) atoms. The third kappa shape index (κ3) is 5.17. The minimum atomic E-state index is -0.501. The van der Waals surface area contributed by atoms with Gasteiger partial charge in [-0.1, -0.05) is 12.1 Å². The Morgan fingerprint density at radius 1 is 1.00 bits per heavy atom. The highest BCUT2D eigenvalue weighted by atomic mass is 16.5. The van der Waals surface area contributed by atoms with E-state index in [0.717, 1.165) is 0 Å². The van der Waals surface area contributed by atoms with E-state index in [9.17, 15) is 14.4 Å². The third-order valence-corrected chi connectivity index (χ3v) is 3.33. The number of esters is 1. The molecule has 0 unspecified atom stereocenters. The molecule has 2 aromatic carbocycles. The molecule has 0 atom stereocenters. The van der Waals surface area contributed by atoms with E-state index < -0.39 is 11.9 Å². The Morgan fingerprint density at radius 2 is 1.68 bits per heavy atom. The summed E-state index contributed by atoms with van der Waals surface area (Å²) in [5.74, 6) is -0.481. The fraction of sp³-hybridized carbons (Fsp3) is 0.211. The van der Waals surface area contributed by atoms with E-state index in [1.807, 2.05) is 0 Å². The van der Waals surface area contributed by atoms with Crippen LogP contribution in [0.1, 0.15) is 34.6 Å². The summed E-state index contributed by atoms with van der Waals surface area (Å²) in [7, 11) is 0. The Hall–Kier alpha value is -3.15. The van der Waals surface area contributed by atoms with Crippen molar-refractivity contribution in [1.82, 2.24) is 0 Å². The maximum Gasteiger partial charge on any atom is 0.340 e. The highest BCUT2D eigenvalue weighted by molar-refractivity contribution is 6.01. The first-order chi connectivity index (χ1) is 12.0. The molecular formula is C19H19NO5. The fourth-order valence-electron chi connectivity index (χ4n) is 2.10. The summed E-state index contributed by atoms with van der Waals surface area (Å²) in [6.45, 7) is 3.21. The van der Waals surface area contributed by atoms with E-state index in [0.29, 0.717) is 17.0 Å². The number of ether oxygens (including phenoxy) is 2. The molecule has 0 bridgehead atoms. The number of hydrogen-bond donors (Lipinski definition) is 1. The maximum absolute atomic E-state index is 12.1. The van der Waals surface area contributed by atoms with Gasteiger partial charge in [-0.2, -0.15) is 0 Å². The summed E-state index contributed by atoms with van der Waals surface area (Å²) >= 11 is 0. The zero-order chi connectivity index (χ0) is 18.2. The van der Waals surface area contributed by atoms with Crippen molar-refractivity contribution in [3.63, 3.8) is 0 Å². The summed E-state index contributed by atoms with van der Waals surface area (Å²) in [5, 5.41) is 2.63. The van der Waals surface area contributed by atoms with Crippen LogP contribution in [0, 0.1) is 0 Å². The Bertz CT molecular complexity index is 768. The molecule has 0 fully saturated rings. The van der Waals surface area contributed by atoms with E-state index in [1.54, 1.807) is 55.5 Å². The van der Waals surface area contributed by atoms with Crippen molar-refractivity contribution in [2.75, 3.05) is 18.5 Å². The number of para-hydroxylation sites is 1. The predicted octanol–water partition coefficient (Wildman–Crippen LogP) is 3.08. The minimum Gasteiger partial charge on any atom is -0.484 e. The van der Waals surface area contributed by atoms with Crippen LogP contribution in [0.3, 0.4) is 0 Å². The fourth-order valence-corrected chi connectivity index (χ4v) is 2.10. The van der Waals surface area contributed by atoms with Crippen molar-refractivity contribution < 1.29 is 23.9 Å². The first-order valence-electron chi connectivity index (χ1n) is 7.81. The number of amides is 1. The van der Waals surface area contributed by atoms with Crippen molar-refractivity contribution in [2.24, 2.45) is 0 Å². The quantitative estimate of drug-likeness (QED) is 0.618. The lowest BCUT2D eigenvalue weighted by Crippen LogP contribution is -2.22. The highest BCUT2D eigenvalue weighted by Gasteiger charge is 2.14. The lowest BCUT2D eigenvalue weighted by atomic mass is 10.1. The average molecular weight is 341 g/mol. The van der Waals surface area contributed by atoms with Gasteiger partial charge in [0, 0.05) is 5.56 Å². The number of hydrogen-bond acceptors (Lipinski definition) is 5. The molecule has 0 saturated carbocycles. The van der Waals surface area contributed by atoms with Crippen LogP contribution in [-0.4, -0.2) is 30.9 Å². The van der Waals surface area contributed by atoms with Crippen LogP contribution < -0.4 is 10.1 Å². The molecule has 0 saturated heterocycles. The molecule has 0 heterocycles. The first kappa shape index (κ1) is 18.2. The summed E-state index contributed by atoms with van der Waals surface area (Å²) in [4.78, 5) is 35.1. The largest absolute Gasteiger partial charge is 0.484 e. The number of rotatable bonds is 7. The van der Waals surface area contributed by atoms with Crippen LogP contribution in [-0.2, 0) is 9.53 Å². The molecule has 2 aromatic rings. The zero-order valence-corrected chi connectivity index (χ0v) is 14.1. The zero-order valence-electron chi connectivity index (χ0n) is 14.1. The van der Waals surface area contributed by atoms with Gasteiger partial charge < -0.3 is 14.8 Å². The second kappa shape index (κ2) is 8.63. The van der Waals surface area contributed by atoms with Crippen LogP contribution in [0.4, 0.5) is 5.69 Å². The van der Waals surface area contributed by atoms with Gasteiger partial charge in [0.15, 0.2) is 12.4 Å². The van der Waals surface area contributed by atoms with E-state index in [2.05, 4.69) is 5.32 Å². The van der Waals surface area contributed by atoms with Crippen LogP contribution in [0.5, 0.6) is 5.75 Å². The highest BCUT2D eigenvalue weighted by Crippen LogP contribution is 2.17. The van der Waals surface area contributed by atoms with Crippen molar-refractivity contribution in [1.29, 1.82) is 0 Å². The molecule has 0 aromatic heterocycles. The first-order valence-corrected chi connectivity index (χ1v) is 7.81. The van der Waals surface area contributed by atoms with E-state index in [4.69, 9.17) is 9.47 Å². The van der Waals surface area contributed by atoms with Crippen molar-refractivity contribution in [2.45, 2.75) is 13.8 Å². The molecule has 0 spiro atoms. The Kier molecular flexibility index (Phi) is 6.28. The summed E-state index contributed by atoms with van der Waals surface area (Å²) < 4.78 is 10.3. The van der Waals surface area contributed by atoms with Crippen molar-refractivity contribution in [3.8, 4) is 5.75 Å². The topological polar surface area (TPSA) is 81.7 Å². The Labute approximate surface area is 145 Å². The van der Waals surface area contributed by atoms with E-state index >= 15 is 0 Å². The molecule has 1 N–H and O–H groups in total. The number of ketones is 1. The number of anilines is 1. The number of carbonyl (C=O) groups excluding carboxylic acids is 3. The molecule has 130 valence electrons. The van der Waals surface area contributed by atoms with Gasteiger partial charge in [0.25, 0.3) is 5.91 Å². The van der Waals surface area contributed by atoms with Gasteiger partial charge in [0.1, 0.15) is 5.75 Å². The van der Waals surface area contributed by atoms with Crippen LogP contribution in [0.15, 0.2) is 48.5 Å². The number of carbonyl (C=O) groups is 3. The molecule has 0 aliphatic heterocycles. The Balaban J connectivity index is 1.96. The summed E-state index contributed by atoms with van der Waals surface area (Å²) in [6, 6.07) is 13.1. The Morgan fingerprint density at radius 3 is 2.32 bits per heavy atom. The number of Topliss-reactive ketones (excluding diaryl/α,β-unsaturated/α-hetero) is 1. The van der Waals surface area contributed by atoms with Gasteiger partial charge in [-0.15, -0.1) is 0 Å². The van der Waals surface area contributed by atoms with E-state index in [-0.39, 0.29) is 24.6 Å². The van der Waals surface area contributed by atoms with Gasteiger partial charge in [-0.3, -0.25) is 9.59 Å². The molecule has 0 aliphatic carbocycles. The molecular weight excluding hydrogens is 322 g/mol. The number of benzene rings is 2. The second-order valence-electron chi connectivity index (χ2n) is 5.18. The SMILES string of the molecule is CCOC(=O)c1ccccc1NC(=O)COc1ccc(C(C)=O)cc1. The summed E-state index contributed by atoms with van der Waals surface area (Å²) in [5.41, 5.74) is 1.21. The minimum absolute atomic E-state index is 0.0418. The average Bonchev–Trinajstić information content (AvgIpc) is 2.61. The third-order valence-electron chi connectivity index (χ3n) is 3.33. The monoisotopic (exact) mass is 341 g/mol. The van der Waals surface area contributed by atoms with Gasteiger partial charge in [0.05, 0.1) is 17.9 Å². The van der Waals surface area contributed by atoms with Crippen molar-refractivity contribution >= 4 is 23.3 Å². The molecule has 1 amide bonds. The van der Waals surface area contributed by atoms with Crippen LogP contribution in [0.25, 0.3) is 0 Å². The lowest BCUT2D eigenvalue weighted by Gasteiger charge is -2.11. The summed E-state index contributed by atoms with van der Waals surface area (Å²) in [6.07, 6.45) is 0. The maximum atomic E-state index is 12.1. The number of nitrogens with one attached hydrogen (secondary N) is 1. The van der Waals surface area contributed by atoms with Gasteiger partial charge in [-0.05, 0) is 50.2 Å². The van der Waals surface area contributed by atoms with Gasteiger partial charge in [0.2, 0.25) is 0 Å².